The van der Waals surface area contributed by atoms with Crippen LogP contribution >= 0.6 is 0 Å². The molecule has 2 amide bonds. The van der Waals surface area contributed by atoms with E-state index in [2.05, 4.69) is 5.32 Å². The number of amides is 2. The zero-order valence-corrected chi connectivity index (χ0v) is 15.6. The first kappa shape index (κ1) is 19.5. The zero-order valence-electron chi connectivity index (χ0n) is 15.6. The van der Waals surface area contributed by atoms with Crippen molar-refractivity contribution >= 4 is 17.5 Å². The van der Waals surface area contributed by atoms with E-state index in [1.54, 1.807) is 30.2 Å². The Balaban J connectivity index is 2.04. The molecule has 5 nitrogen and oxygen atoms in total. The molecule has 0 aliphatic carbocycles. The molecule has 2 aromatic rings. The number of methoxy groups -OCH3 is 1. The molecule has 1 unspecified atom stereocenters. The first-order valence-electron chi connectivity index (χ1n) is 8.86. The highest BCUT2D eigenvalue weighted by Gasteiger charge is 2.25. The lowest BCUT2D eigenvalue weighted by molar-refractivity contribution is -0.135. The number of hydrogen-bond donors (Lipinski definition) is 1. The normalized spacial score (nSPS) is 11.5. The van der Waals surface area contributed by atoms with Crippen molar-refractivity contribution in [2.75, 3.05) is 25.5 Å². The third-order valence-corrected chi connectivity index (χ3v) is 4.29. The second-order valence-corrected chi connectivity index (χ2v) is 6.00. The molecule has 5 heteroatoms. The second-order valence-electron chi connectivity index (χ2n) is 6.00. The number of rotatable bonds is 8. The van der Waals surface area contributed by atoms with Gasteiger partial charge in [0, 0.05) is 18.3 Å². The molecule has 0 saturated heterocycles. The maximum Gasteiger partial charge on any atom is 0.243 e. The monoisotopic (exact) mass is 354 g/mol. The highest BCUT2D eigenvalue weighted by atomic mass is 16.5. The van der Waals surface area contributed by atoms with Crippen LogP contribution in [0.3, 0.4) is 0 Å². The number of benzene rings is 2. The fraction of sp³-hybridized carbons (Fsp3) is 0.333. The number of nitrogens with zero attached hydrogens (tertiary/aromatic N) is 1. The Labute approximate surface area is 155 Å². The molecule has 0 aromatic heterocycles. The van der Waals surface area contributed by atoms with Crippen molar-refractivity contribution in [1.29, 1.82) is 0 Å². The van der Waals surface area contributed by atoms with Crippen molar-refractivity contribution in [3.63, 3.8) is 0 Å². The van der Waals surface area contributed by atoms with Crippen LogP contribution < -0.4 is 10.1 Å². The number of nitrogens with one attached hydrogen (secondary N) is 1. The van der Waals surface area contributed by atoms with Gasteiger partial charge < -0.3 is 15.0 Å². The van der Waals surface area contributed by atoms with E-state index in [4.69, 9.17) is 4.74 Å². The topological polar surface area (TPSA) is 58.6 Å². The maximum atomic E-state index is 12.9. The van der Waals surface area contributed by atoms with Gasteiger partial charge in [0.1, 0.15) is 5.75 Å². The standard InChI is InChI=1S/C21H26N2O3/c1-4-19(16-10-7-6-8-11-16)21(25)23(5-2)15-20(24)22-17-12-9-13-18(14-17)26-3/h6-14,19H,4-5,15H2,1-3H3,(H,22,24). The van der Waals surface area contributed by atoms with Crippen LogP contribution in [0.2, 0.25) is 0 Å². The van der Waals surface area contributed by atoms with E-state index in [0.717, 1.165) is 5.56 Å². The first-order valence-corrected chi connectivity index (χ1v) is 8.86. The summed E-state index contributed by atoms with van der Waals surface area (Å²) >= 11 is 0. The molecule has 0 radical (unpaired) electrons. The van der Waals surface area contributed by atoms with Gasteiger partial charge in [-0.3, -0.25) is 9.59 Å². The van der Waals surface area contributed by atoms with Crippen LogP contribution in [0.4, 0.5) is 5.69 Å². The number of likely N-dealkylation sites (N-methyl/N-ethyl adjacent to an activating group) is 1. The highest BCUT2D eigenvalue weighted by molar-refractivity contribution is 5.95. The summed E-state index contributed by atoms with van der Waals surface area (Å²) in [6.45, 7) is 4.37. The second kappa shape index (κ2) is 9.61. The number of carbonyl (C=O) groups excluding carboxylic acids is 2. The molecule has 1 atom stereocenters. The summed E-state index contributed by atoms with van der Waals surface area (Å²) in [5.41, 5.74) is 1.62. The summed E-state index contributed by atoms with van der Waals surface area (Å²) in [6, 6.07) is 16.8. The Morgan fingerprint density at radius 2 is 1.81 bits per heavy atom. The van der Waals surface area contributed by atoms with Gasteiger partial charge in [-0.25, -0.2) is 0 Å². The SMILES string of the molecule is CCC(C(=O)N(CC)CC(=O)Nc1cccc(OC)c1)c1ccccc1. The average molecular weight is 354 g/mol. The van der Waals surface area contributed by atoms with E-state index in [9.17, 15) is 9.59 Å². The van der Waals surface area contributed by atoms with Crippen LogP contribution in [0.5, 0.6) is 5.75 Å². The zero-order chi connectivity index (χ0) is 18.9. The summed E-state index contributed by atoms with van der Waals surface area (Å²) in [7, 11) is 1.58. The van der Waals surface area contributed by atoms with Crippen molar-refractivity contribution in [1.82, 2.24) is 4.90 Å². The van der Waals surface area contributed by atoms with Crippen molar-refractivity contribution in [3.05, 3.63) is 60.2 Å². The predicted octanol–water partition coefficient (Wildman–Crippen LogP) is 3.68. The highest BCUT2D eigenvalue weighted by Crippen LogP contribution is 2.22. The van der Waals surface area contributed by atoms with E-state index >= 15 is 0 Å². The van der Waals surface area contributed by atoms with Crippen molar-refractivity contribution in [2.45, 2.75) is 26.2 Å². The van der Waals surface area contributed by atoms with E-state index in [1.165, 1.54) is 0 Å². The van der Waals surface area contributed by atoms with E-state index in [0.29, 0.717) is 24.4 Å². The Morgan fingerprint density at radius 3 is 2.42 bits per heavy atom. The minimum atomic E-state index is -0.235. The van der Waals surface area contributed by atoms with Crippen molar-refractivity contribution in [2.24, 2.45) is 0 Å². The number of anilines is 1. The Bertz CT molecular complexity index is 731. The number of ether oxygens (including phenoxy) is 1. The van der Waals surface area contributed by atoms with Crippen LogP contribution in [-0.2, 0) is 9.59 Å². The van der Waals surface area contributed by atoms with Gasteiger partial charge in [-0.15, -0.1) is 0 Å². The average Bonchev–Trinajstić information content (AvgIpc) is 2.67. The summed E-state index contributed by atoms with van der Waals surface area (Å²) in [6.07, 6.45) is 0.691. The van der Waals surface area contributed by atoms with Crippen molar-refractivity contribution in [3.8, 4) is 5.75 Å². The van der Waals surface area contributed by atoms with Crippen molar-refractivity contribution < 1.29 is 14.3 Å². The summed E-state index contributed by atoms with van der Waals surface area (Å²) in [5, 5.41) is 2.82. The Hall–Kier alpha value is -2.82. The largest absolute Gasteiger partial charge is 0.497 e. The van der Waals surface area contributed by atoms with Gasteiger partial charge in [0.2, 0.25) is 11.8 Å². The molecule has 0 spiro atoms. The lowest BCUT2D eigenvalue weighted by atomic mass is 9.95. The fourth-order valence-electron chi connectivity index (χ4n) is 2.88. The molecule has 0 saturated carbocycles. The van der Waals surface area contributed by atoms with E-state index in [1.807, 2.05) is 50.2 Å². The number of carbonyl (C=O) groups is 2. The minimum Gasteiger partial charge on any atom is -0.497 e. The predicted molar refractivity (Wildman–Crippen MR) is 103 cm³/mol. The quantitative estimate of drug-likeness (QED) is 0.787. The van der Waals surface area contributed by atoms with Gasteiger partial charge in [-0.1, -0.05) is 43.3 Å². The molecule has 2 rings (SSSR count). The molecular formula is C21H26N2O3. The van der Waals surface area contributed by atoms with Gasteiger partial charge in [0.25, 0.3) is 0 Å². The molecule has 0 aliphatic heterocycles. The van der Waals surface area contributed by atoms with Crippen LogP contribution in [0.1, 0.15) is 31.7 Å². The molecule has 2 aromatic carbocycles. The third kappa shape index (κ3) is 5.09. The molecule has 0 aliphatic rings. The fourth-order valence-corrected chi connectivity index (χ4v) is 2.88. The molecule has 0 fully saturated rings. The lowest BCUT2D eigenvalue weighted by Crippen LogP contribution is -2.40. The Kier molecular flexibility index (Phi) is 7.21. The van der Waals surface area contributed by atoms with Crippen LogP contribution in [0.15, 0.2) is 54.6 Å². The molecule has 0 heterocycles. The minimum absolute atomic E-state index is 0.0237. The van der Waals surface area contributed by atoms with E-state index in [-0.39, 0.29) is 24.3 Å². The van der Waals surface area contributed by atoms with E-state index < -0.39 is 0 Å². The maximum absolute atomic E-state index is 12.9. The van der Waals surface area contributed by atoms with Gasteiger partial charge in [0.05, 0.1) is 19.6 Å². The van der Waals surface area contributed by atoms with Crippen LogP contribution in [0, 0.1) is 0 Å². The van der Waals surface area contributed by atoms with Crippen LogP contribution in [-0.4, -0.2) is 36.9 Å². The number of hydrogen-bond acceptors (Lipinski definition) is 3. The summed E-state index contributed by atoms with van der Waals surface area (Å²) in [4.78, 5) is 26.9. The third-order valence-electron chi connectivity index (χ3n) is 4.29. The molecular weight excluding hydrogens is 328 g/mol. The molecule has 1 N–H and O–H groups in total. The summed E-state index contributed by atoms with van der Waals surface area (Å²) in [5.74, 6) is 0.181. The first-order chi connectivity index (χ1) is 12.6. The molecule has 138 valence electrons. The van der Waals surface area contributed by atoms with Gasteiger partial charge >= 0.3 is 0 Å². The Morgan fingerprint density at radius 1 is 1.08 bits per heavy atom. The van der Waals surface area contributed by atoms with Gasteiger partial charge in [-0.2, -0.15) is 0 Å². The molecule has 26 heavy (non-hydrogen) atoms. The van der Waals surface area contributed by atoms with Gasteiger partial charge in [-0.05, 0) is 31.0 Å². The van der Waals surface area contributed by atoms with Gasteiger partial charge in [0.15, 0.2) is 0 Å². The molecule has 0 bridgehead atoms. The smallest absolute Gasteiger partial charge is 0.243 e. The van der Waals surface area contributed by atoms with Crippen LogP contribution in [0.25, 0.3) is 0 Å². The summed E-state index contributed by atoms with van der Waals surface area (Å²) < 4.78 is 5.16. The lowest BCUT2D eigenvalue weighted by Gasteiger charge is -2.25.